The van der Waals surface area contributed by atoms with E-state index in [1.807, 2.05) is 19.1 Å². The Kier molecular flexibility index (Phi) is 4.31. The van der Waals surface area contributed by atoms with Crippen LogP contribution in [0.2, 0.25) is 5.02 Å². The van der Waals surface area contributed by atoms with Gasteiger partial charge in [0.25, 0.3) is 5.91 Å². The summed E-state index contributed by atoms with van der Waals surface area (Å²) in [4.78, 5) is 26.2. The normalized spacial score (nSPS) is 15.9. The molecule has 0 bridgehead atoms. The van der Waals surface area contributed by atoms with E-state index in [0.29, 0.717) is 42.3 Å². The fraction of sp³-hybridized carbons (Fsp3) is 0.412. The van der Waals surface area contributed by atoms with Crippen molar-refractivity contribution in [2.75, 3.05) is 20.1 Å². The standard InChI is InChI=1S/C17H19ClN2O3/c1-10-12-4-3-5-13(18)15(12)23-14(10)17(22)20-8-6-11(7-9-20)16(21)19-2/h3-5,11H,6-9H2,1-2H3,(H,19,21). The predicted molar refractivity (Wildman–Crippen MR) is 88.7 cm³/mol. The van der Waals surface area contributed by atoms with Gasteiger partial charge in [-0.15, -0.1) is 0 Å². The lowest BCUT2D eigenvalue weighted by atomic mass is 9.95. The molecule has 2 aromatic rings. The van der Waals surface area contributed by atoms with Crippen LogP contribution in [0.5, 0.6) is 0 Å². The molecule has 1 N–H and O–H groups in total. The van der Waals surface area contributed by atoms with E-state index in [0.717, 1.165) is 10.9 Å². The molecule has 122 valence electrons. The molecular weight excluding hydrogens is 316 g/mol. The largest absolute Gasteiger partial charge is 0.449 e. The lowest BCUT2D eigenvalue weighted by molar-refractivity contribution is -0.125. The first kappa shape index (κ1) is 15.9. The molecule has 0 radical (unpaired) electrons. The van der Waals surface area contributed by atoms with E-state index >= 15 is 0 Å². The number of halogens is 1. The van der Waals surface area contributed by atoms with Crippen molar-refractivity contribution in [2.45, 2.75) is 19.8 Å². The average Bonchev–Trinajstić information content (AvgIpc) is 2.92. The second-order valence-electron chi connectivity index (χ2n) is 5.85. The predicted octanol–water partition coefficient (Wildman–Crippen LogP) is 2.99. The fourth-order valence-corrected chi connectivity index (χ4v) is 3.32. The highest BCUT2D eigenvalue weighted by molar-refractivity contribution is 6.35. The number of aryl methyl sites for hydroxylation is 1. The number of carbonyl (C=O) groups excluding carboxylic acids is 2. The lowest BCUT2D eigenvalue weighted by Crippen LogP contribution is -2.42. The number of para-hydroxylation sites is 1. The first-order valence-corrected chi connectivity index (χ1v) is 8.09. The Bertz CT molecular complexity index is 761. The smallest absolute Gasteiger partial charge is 0.289 e. The van der Waals surface area contributed by atoms with Crippen molar-refractivity contribution < 1.29 is 14.0 Å². The number of carbonyl (C=O) groups is 2. The zero-order chi connectivity index (χ0) is 16.6. The first-order valence-electron chi connectivity index (χ1n) is 7.71. The third kappa shape index (κ3) is 2.81. The minimum absolute atomic E-state index is 0.0183. The van der Waals surface area contributed by atoms with Crippen LogP contribution in [-0.2, 0) is 4.79 Å². The van der Waals surface area contributed by atoms with Gasteiger partial charge < -0.3 is 14.6 Å². The number of likely N-dealkylation sites (tertiary alicyclic amines) is 1. The summed E-state index contributed by atoms with van der Waals surface area (Å²) in [5.41, 5.74) is 1.36. The maximum absolute atomic E-state index is 12.7. The molecule has 2 heterocycles. The van der Waals surface area contributed by atoms with E-state index in [4.69, 9.17) is 16.0 Å². The minimum Gasteiger partial charge on any atom is -0.449 e. The van der Waals surface area contributed by atoms with Gasteiger partial charge in [-0.05, 0) is 25.8 Å². The summed E-state index contributed by atoms with van der Waals surface area (Å²) in [6, 6.07) is 5.49. The Balaban J connectivity index is 1.81. The summed E-state index contributed by atoms with van der Waals surface area (Å²) in [6.07, 6.45) is 1.34. The van der Waals surface area contributed by atoms with Crippen molar-refractivity contribution in [2.24, 2.45) is 5.92 Å². The van der Waals surface area contributed by atoms with Gasteiger partial charge in [-0.2, -0.15) is 0 Å². The number of piperidine rings is 1. The van der Waals surface area contributed by atoms with Crippen LogP contribution in [-0.4, -0.2) is 36.9 Å². The van der Waals surface area contributed by atoms with Gasteiger partial charge >= 0.3 is 0 Å². The van der Waals surface area contributed by atoms with Crippen molar-refractivity contribution in [3.8, 4) is 0 Å². The Hall–Kier alpha value is -2.01. The molecular formula is C17H19ClN2O3. The monoisotopic (exact) mass is 334 g/mol. The van der Waals surface area contributed by atoms with Gasteiger partial charge in [0.15, 0.2) is 11.3 Å². The Morgan fingerprint density at radius 3 is 2.61 bits per heavy atom. The number of amides is 2. The Morgan fingerprint density at radius 2 is 2.00 bits per heavy atom. The van der Waals surface area contributed by atoms with Gasteiger partial charge in [0.1, 0.15) is 0 Å². The summed E-state index contributed by atoms with van der Waals surface area (Å²) in [5.74, 6) is 0.232. The first-order chi connectivity index (χ1) is 11.0. The van der Waals surface area contributed by atoms with E-state index in [9.17, 15) is 9.59 Å². The second-order valence-corrected chi connectivity index (χ2v) is 6.26. The SMILES string of the molecule is CNC(=O)C1CCN(C(=O)c2oc3c(Cl)cccc3c2C)CC1. The third-order valence-electron chi connectivity index (χ3n) is 4.51. The maximum atomic E-state index is 12.7. The van der Waals surface area contributed by atoms with Gasteiger partial charge in [0.2, 0.25) is 5.91 Å². The molecule has 1 fully saturated rings. The summed E-state index contributed by atoms with van der Waals surface area (Å²) >= 11 is 6.14. The van der Waals surface area contributed by atoms with Gasteiger partial charge in [0.05, 0.1) is 5.02 Å². The zero-order valence-electron chi connectivity index (χ0n) is 13.2. The van der Waals surface area contributed by atoms with E-state index in [-0.39, 0.29) is 17.7 Å². The molecule has 1 aliphatic heterocycles. The molecule has 2 amide bonds. The van der Waals surface area contributed by atoms with Crippen LogP contribution >= 0.6 is 11.6 Å². The number of nitrogens with zero attached hydrogens (tertiary/aromatic N) is 1. The van der Waals surface area contributed by atoms with E-state index in [2.05, 4.69) is 5.32 Å². The van der Waals surface area contributed by atoms with Crippen LogP contribution in [0, 0.1) is 12.8 Å². The molecule has 5 nitrogen and oxygen atoms in total. The highest BCUT2D eigenvalue weighted by Crippen LogP contribution is 2.32. The Labute approximate surface area is 139 Å². The van der Waals surface area contributed by atoms with Crippen LogP contribution in [0.3, 0.4) is 0 Å². The Morgan fingerprint density at radius 1 is 1.30 bits per heavy atom. The van der Waals surface area contributed by atoms with Crippen LogP contribution in [0.15, 0.2) is 22.6 Å². The summed E-state index contributed by atoms with van der Waals surface area (Å²) in [6.45, 7) is 2.98. The molecule has 0 aliphatic carbocycles. The van der Waals surface area contributed by atoms with Crippen LogP contribution in [0.1, 0.15) is 29.0 Å². The molecule has 1 aromatic carbocycles. The van der Waals surface area contributed by atoms with Crippen molar-refractivity contribution in [3.05, 3.63) is 34.5 Å². The van der Waals surface area contributed by atoms with Gasteiger partial charge in [-0.25, -0.2) is 0 Å². The number of nitrogens with one attached hydrogen (secondary N) is 1. The fourth-order valence-electron chi connectivity index (χ4n) is 3.11. The van der Waals surface area contributed by atoms with Gasteiger partial charge in [-0.1, -0.05) is 23.7 Å². The zero-order valence-corrected chi connectivity index (χ0v) is 13.9. The maximum Gasteiger partial charge on any atom is 0.289 e. The summed E-state index contributed by atoms with van der Waals surface area (Å²) in [5, 5.41) is 4.03. The topological polar surface area (TPSA) is 62.6 Å². The van der Waals surface area contributed by atoms with Crippen LogP contribution in [0.25, 0.3) is 11.0 Å². The molecule has 1 aliphatic rings. The third-order valence-corrected chi connectivity index (χ3v) is 4.81. The number of furan rings is 1. The van der Waals surface area contributed by atoms with Crippen LogP contribution in [0.4, 0.5) is 0 Å². The molecule has 1 saturated heterocycles. The van der Waals surface area contributed by atoms with Crippen molar-refractivity contribution in [3.63, 3.8) is 0 Å². The van der Waals surface area contributed by atoms with E-state index in [1.165, 1.54) is 0 Å². The lowest BCUT2D eigenvalue weighted by Gasteiger charge is -2.30. The molecule has 0 atom stereocenters. The molecule has 0 unspecified atom stereocenters. The van der Waals surface area contributed by atoms with Gasteiger partial charge in [0, 0.05) is 37.0 Å². The average molecular weight is 335 g/mol. The van der Waals surface area contributed by atoms with Crippen molar-refractivity contribution >= 4 is 34.4 Å². The number of benzene rings is 1. The number of rotatable bonds is 2. The number of hydrogen-bond acceptors (Lipinski definition) is 3. The van der Waals surface area contributed by atoms with Crippen molar-refractivity contribution in [1.82, 2.24) is 10.2 Å². The molecule has 3 rings (SSSR count). The number of hydrogen-bond donors (Lipinski definition) is 1. The quantitative estimate of drug-likeness (QED) is 0.918. The highest BCUT2D eigenvalue weighted by Gasteiger charge is 2.30. The molecule has 0 spiro atoms. The summed E-state index contributed by atoms with van der Waals surface area (Å²) < 4.78 is 5.74. The van der Waals surface area contributed by atoms with E-state index in [1.54, 1.807) is 18.0 Å². The number of fused-ring (bicyclic) bond motifs is 1. The molecule has 6 heteroatoms. The van der Waals surface area contributed by atoms with Crippen LogP contribution < -0.4 is 5.32 Å². The second kappa shape index (κ2) is 6.24. The molecule has 23 heavy (non-hydrogen) atoms. The van der Waals surface area contributed by atoms with Gasteiger partial charge in [-0.3, -0.25) is 9.59 Å². The summed E-state index contributed by atoms with van der Waals surface area (Å²) in [7, 11) is 1.64. The highest BCUT2D eigenvalue weighted by atomic mass is 35.5. The molecule has 0 saturated carbocycles. The molecule has 1 aromatic heterocycles. The minimum atomic E-state index is -0.134. The van der Waals surface area contributed by atoms with Crippen molar-refractivity contribution in [1.29, 1.82) is 0 Å². The van der Waals surface area contributed by atoms with E-state index < -0.39 is 0 Å².